The molecule has 2 amide bonds. The SMILES string of the molecule is O=C(Nc1ccc(-c2cc3c(N4CCOCC4)ncnc3[nH]2)cc1)N[C@@H]1CCN(c2cncc(C3CNC3)c2)C1. The topological polar surface area (TPSA) is 123 Å². The maximum Gasteiger partial charge on any atom is 0.319 e. The minimum atomic E-state index is -0.192. The molecule has 1 atom stereocenters. The number of benzene rings is 1. The van der Waals surface area contributed by atoms with Crippen LogP contribution in [-0.2, 0) is 4.74 Å². The zero-order valence-corrected chi connectivity index (χ0v) is 22.3. The summed E-state index contributed by atoms with van der Waals surface area (Å²) in [5.74, 6) is 1.48. The van der Waals surface area contributed by atoms with E-state index in [0.29, 0.717) is 19.1 Å². The summed E-state index contributed by atoms with van der Waals surface area (Å²) in [6, 6.07) is 12.1. The van der Waals surface area contributed by atoms with Gasteiger partial charge >= 0.3 is 6.03 Å². The Balaban J connectivity index is 0.966. The molecule has 0 saturated carbocycles. The van der Waals surface area contributed by atoms with Gasteiger partial charge in [-0.25, -0.2) is 14.8 Å². The summed E-state index contributed by atoms with van der Waals surface area (Å²) in [5.41, 5.74) is 5.93. The van der Waals surface area contributed by atoms with Gasteiger partial charge in [0.25, 0.3) is 0 Å². The molecule has 6 heterocycles. The van der Waals surface area contributed by atoms with Gasteiger partial charge in [0.1, 0.15) is 17.8 Å². The molecule has 0 bridgehead atoms. The number of nitrogens with one attached hydrogen (secondary N) is 4. The zero-order valence-electron chi connectivity index (χ0n) is 22.3. The third-order valence-electron chi connectivity index (χ3n) is 8.06. The summed E-state index contributed by atoms with van der Waals surface area (Å²) in [6.07, 6.45) is 6.39. The number of hydrogen-bond acceptors (Lipinski definition) is 8. The third-order valence-corrected chi connectivity index (χ3v) is 8.06. The number of ether oxygens (including phenoxy) is 1. The molecule has 11 nitrogen and oxygen atoms in total. The van der Waals surface area contributed by atoms with Crippen molar-refractivity contribution in [1.82, 2.24) is 30.6 Å². The Morgan fingerprint density at radius 3 is 2.65 bits per heavy atom. The summed E-state index contributed by atoms with van der Waals surface area (Å²) >= 11 is 0. The lowest BCUT2D eigenvalue weighted by atomic mass is 9.95. The fourth-order valence-corrected chi connectivity index (χ4v) is 5.67. The first-order valence-electron chi connectivity index (χ1n) is 13.9. The van der Waals surface area contributed by atoms with Crippen LogP contribution in [0.5, 0.6) is 0 Å². The summed E-state index contributed by atoms with van der Waals surface area (Å²) in [4.78, 5) is 34.1. The van der Waals surface area contributed by atoms with Crippen LogP contribution >= 0.6 is 0 Å². The quantitative estimate of drug-likeness (QED) is 0.295. The first kappa shape index (κ1) is 24.8. The highest BCUT2D eigenvalue weighted by atomic mass is 16.5. The van der Waals surface area contributed by atoms with Gasteiger partial charge < -0.3 is 35.5 Å². The number of fused-ring (bicyclic) bond motifs is 1. The zero-order chi connectivity index (χ0) is 26.9. The lowest BCUT2D eigenvalue weighted by Gasteiger charge is -2.28. The van der Waals surface area contributed by atoms with Gasteiger partial charge in [-0.2, -0.15) is 0 Å². The smallest absolute Gasteiger partial charge is 0.319 e. The molecule has 3 aromatic heterocycles. The Morgan fingerprint density at radius 2 is 1.85 bits per heavy atom. The Hall–Kier alpha value is -4.22. The van der Waals surface area contributed by atoms with Gasteiger partial charge in [0.15, 0.2) is 0 Å². The van der Waals surface area contributed by atoms with Crippen LogP contribution in [-0.4, -0.2) is 84.5 Å². The molecule has 0 unspecified atom stereocenters. The molecule has 11 heteroatoms. The van der Waals surface area contributed by atoms with Crippen LogP contribution in [0.15, 0.2) is 55.1 Å². The highest BCUT2D eigenvalue weighted by molar-refractivity contribution is 5.93. The second-order valence-corrected chi connectivity index (χ2v) is 10.7. The number of anilines is 3. The number of nitrogens with zero attached hydrogens (tertiary/aromatic N) is 5. The van der Waals surface area contributed by atoms with Crippen molar-refractivity contribution >= 4 is 34.3 Å². The number of aromatic nitrogens is 4. The Morgan fingerprint density at radius 1 is 1.00 bits per heavy atom. The van der Waals surface area contributed by atoms with Crippen molar-refractivity contribution in [1.29, 1.82) is 0 Å². The lowest BCUT2D eigenvalue weighted by Crippen LogP contribution is -2.40. The summed E-state index contributed by atoms with van der Waals surface area (Å²) in [5, 5.41) is 10.4. The first-order valence-corrected chi connectivity index (χ1v) is 13.9. The van der Waals surface area contributed by atoms with Crippen molar-refractivity contribution in [2.75, 3.05) is 67.6 Å². The molecule has 3 aliphatic rings. The van der Waals surface area contributed by atoms with Crippen molar-refractivity contribution in [3.63, 3.8) is 0 Å². The van der Waals surface area contributed by atoms with E-state index in [0.717, 1.165) is 85.2 Å². The van der Waals surface area contributed by atoms with Gasteiger partial charge in [0.05, 0.1) is 30.5 Å². The minimum Gasteiger partial charge on any atom is -0.378 e. The average Bonchev–Trinajstić information content (AvgIpc) is 3.60. The molecule has 206 valence electrons. The van der Waals surface area contributed by atoms with E-state index < -0.39 is 0 Å². The maximum atomic E-state index is 12.8. The Bertz CT molecular complexity index is 1500. The van der Waals surface area contributed by atoms with Crippen molar-refractivity contribution < 1.29 is 9.53 Å². The van der Waals surface area contributed by atoms with E-state index in [2.05, 4.69) is 57.8 Å². The molecule has 1 aromatic carbocycles. The molecule has 3 saturated heterocycles. The second kappa shape index (κ2) is 10.7. The second-order valence-electron chi connectivity index (χ2n) is 10.7. The molecule has 7 rings (SSSR count). The van der Waals surface area contributed by atoms with Crippen LogP contribution in [0.4, 0.5) is 22.0 Å². The fourth-order valence-electron chi connectivity index (χ4n) is 5.67. The number of morpholine rings is 1. The van der Waals surface area contributed by atoms with Crippen LogP contribution in [0.2, 0.25) is 0 Å². The van der Waals surface area contributed by atoms with Crippen LogP contribution in [0.25, 0.3) is 22.3 Å². The molecule has 0 aliphatic carbocycles. The molecular weight excluding hydrogens is 506 g/mol. The number of carbonyl (C=O) groups is 1. The molecule has 40 heavy (non-hydrogen) atoms. The molecule has 3 fully saturated rings. The van der Waals surface area contributed by atoms with Gasteiger partial charge in [-0.15, -0.1) is 0 Å². The van der Waals surface area contributed by atoms with E-state index in [1.54, 1.807) is 6.33 Å². The third kappa shape index (κ3) is 5.05. The highest BCUT2D eigenvalue weighted by Gasteiger charge is 2.26. The number of rotatable bonds is 6. The maximum absolute atomic E-state index is 12.8. The molecule has 0 spiro atoms. The molecular formula is C29H33N9O2. The van der Waals surface area contributed by atoms with E-state index in [4.69, 9.17) is 4.74 Å². The van der Waals surface area contributed by atoms with Crippen LogP contribution in [0.1, 0.15) is 17.9 Å². The predicted octanol–water partition coefficient (Wildman–Crippen LogP) is 2.94. The monoisotopic (exact) mass is 539 g/mol. The number of amides is 2. The number of hydrogen-bond donors (Lipinski definition) is 4. The van der Waals surface area contributed by atoms with Gasteiger partial charge in [0, 0.05) is 68.8 Å². The summed E-state index contributed by atoms with van der Waals surface area (Å²) < 4.78 is 5.49. The van der Waals surface area contributed by atoms with Crippen LogP contribution in [0, 0.1) is 0 Å². The molecule has 3 aliphatic heterocycles. The number of pyridine rings is 1. The highest BCUT2D eigenvalue weighted by Crippen LogP contribution is 2.30. The number of aromatic amines is 1. The standard InChI is InChI=1S/C29H33N9O2/c39-29(35-23-5-6-38(17-23)24-11-20(13-31-16-24)21-14-30-15-21)34-22-3-1-19(2-4-22)26-12-25-27(36-26)32-18-33-28(25)37-7-9-40-10-8-37/h1-4,11-13,16,18,21,23,30H,5-10,14-15,17H2,(H,32,33,36)(H2,34,35,39)/t23-/m1/s1. The van der Waals surface area contributed by atoms with Crippen molar-refractivity contribution in [2.24, 2.45) is 0 Å². The van der Waals surface area contributed by atoms with Gasteiger partial charge in [-0.1, -0.05) is 12.1 Å². The van der Waals surface area contributed by atoms with E-state index in [-0.39, 0.29) is 12.1 Å². The Labute approximate surface area is 232 Å². The Kier molecular flexibility index (Phi) is 6.66. The fraction of sp³-hybridized carbons (Fsp3) is 0.379. The van der Waals surface area contributed by atoms with Gasteiger partial charge in [0.2, 0.25) is 0 Å². The number of H-pyrrole nitrogens is 1. The largest absolute Gasteiger partial charge is 0.378 e. The van der Waals surface area contributed by atoms with Gasteiger partial charge in [-0.3, -0.25) is 4.98 Å². The van der Waals surface area contributed by atoms with E-state index >= 15 is 0 Å². The van der Waals surface area contributed by atoms with Crippen molar-refractivity contribution in [2.45, 2.75) is 18.4 Å². The number of carbonyl (C=O) groups excluding carboxylic acids is 1. The van der Waals surface area contributed by atoms with E-state index in [1.807, 2.05) is 36.7 Å². The van der Waals surface area contributed by atoms with Crippen molar-refractivity contribution in [3.05, 3.63) is 60.7 Å². The minimum absolute atomic E-state index is 0.0846. The van der Waals surface area contributed by atoms with E-state index in [9.17, 15) is 4.79 Å². The normalized spacial score (nSPS) is 19.6. The van der Waals surface area contributed by atoms with Crippen LogP contribution < -0.4 is 25.8 Å². The van der Waals surface area contributed by atoms with Gasteiger partial charge in [-0.05, 0) is 41.8 Å². The molecule has 4 aromatic rings. The lowest BCUT2D eigenvalue weighted by molar-refractivity contribution is 0.122. The van der Waals surface area contributed by atoms with E-state index in [1.165, 1.54) is 5.56 Å². The summed E-state index contributed by atoms with van der Waals surface area (Å²) in [6.45, 7) is 6.74. The summed E-state index contributed by atoms with van der Waals surface area (Å²) in [7, 11) is 0. The molecule has 4 N–H and O–H groups in total. The van der Waals surface area contributed by atoms with Crippen molar-refractivity contribution in [3.8, 4) is 11.3 Å². The average molecular weight is 540 g/mol. The molecule has 0 radical (unpaired) electrons. The van der Waals surface area contributed by atoms with Crippen LogP contribution in [0.3, 0.4) is 0 Å². The number of urea groups is 1. The first-order chi connectivity index (χ1) is 19.7. The predicted molar refractivity (Wildman–Crippen MR) is 155 cm³/mol.